The maximum Gasteiger partial charge on any atom is 0.265 e. The monoisotopic (exact) mass is 322 g/mol. The average Bonchev–Trinajstić information content (AvgIpc) is 2.72. The van der Waals surface area contributed by atoms with Gasteiger partial charge in [-0.15, -0.1) is 12.4 Å². The van der Waals surface area contributed by atoms with Gasteiger partial charge < -0.3 is 15.6 Å². The highest BCUT2D eigenvalue weighted by Crippen LogP contribution is 2.21. The number of piperazine rings is 1. The molecule has 114 valence electrons. The van der Waals surface area contributed by atoms with Crippen LogP contribution >= 0.6 is 12.4 Å². The van der Waals surface area contributed by atoms with Gasteiger partial charge in [-0.05, 0) is 13.0 Å². The molecule has 1 aliphatic rings. The number of carbonyl (C=O) groups is 1. The third-order valence-electron chi connectivity index (χ3n) is 3.28. The summed E-state index contributed by atoms with van der Waals surface area (Å²) in [7, 11) is -1.98. The zero-order chi connectivity index (χ0) is 14.2. The van der Waals surface area contributed by atoms with Gasteiger partial charge in [-0.3, -0.25) is 4.79 Å². The van der Waals surface area contributed by atoms with Gasteiger partial charge in [0.1, 0.15) is 10.6 Å². The van der Waals surface area contributed by atoms with Crippen LogP contribution < -0.4 is 11.1 Å². The number of carbonyl (C=O) groups excluding carboxylic acids is 1. The number of sulfonamides is 1. The molecule has 0 spiro atoms. The lowest BCUT2D eigenvalue weighted by molar-refractivity contribution is 0.0992. The SMILES string of the molecule is CC1CNCCN1S(=O)(=O)c1cc(C(N)=O)n(C)c1.Cl. The number of aromatic nitrogens is 1. The third-order valence-corrected chi connectivity index (χ3v) is 5.26. The summed E-state index contributed by atoms with van der Waals surface area (Å²) in [5.74, 6) is -0.641. The van der Waals surface area contributed by atoms with Gasteiger partial charge in [0.25, 0.3) is 5.91 Å². The minimum Gasteiger partial charge on any atom is -0.364 e. The molecule has 20 heavy (non-hydrogen) atoms. The molecule has 2 heterocycles. The maximum atomic E-state index is 12.5. The molecule has 1 aliphatic heterocycles. The van der Waals surface area contributed by atoms with Crippen molar-refractivity contribution in [1.82, 2.24) is 14.2 Å². The summed E-state index contributed by atoms with van der Waals surface area (Å²) in [5, 5.41) is 3.14. The van der Waals surface area contributed by atoms with Crippen molar-refractivity contribution in [3.63, 3.8) is 0 Å². The fraction of sp³-hybridized carbons (Fsp3) is 0.545. The molecule has 1 amide bonds. The van der Waals surface area contributed by atoms with Gasteiger partial charge in [-0.1, -0.05) is 0 Å². The molecule has 0 saturated carbocycles. The van der Waals surface area contributed by atoms with Crippen LogP contribution in [0, 0.1) is 0 Å². The Morgan fingerprint density at radius 1 is 1.50 bits per heavy atom. The summed E-state index contributed by atoms with van der Waals surface area (Å²) in [5.41, 5.74) is 5.38. The van der Waals surface area contributed by atoms with Gasteiger partial charge in [0.05, 0.1) is 0 Å². The highest BCUT2D eigenvalue weighted by Gasteiger charge is 2.32. The minimum absolute atomic E-state index is 0. The summed E-state index contributed by atoms with van der Waals surface area (Å²) in [6.45, 7) is 3.51. The van der Waals surface area contributed by atoms with Gasteiger partial charge >= 0.3 is 0 Å². The number of aryl methyl sites for hydroxylation is 1. The molecular formula is C11H19ClN4O3S. The Kier molecular flexibility index (Phi) is 5.20. The van der Waals surface area contributed by atoms with Crippen LogP contribution in [0.25, 0.3) is 0 Å². The molecule has 0 aliphatic carbocycles. The molecule has 0 bridgehead atoms. The Labute approximate surface area is 124 Å². The second kappa shape index (κ2) is 6.13. The topological polar surface area (TPSA) is 97.4 Å². The number of amides is 1. The van der Waals surface area contributed by atoms with Crippen LogP contribution in [0.5, 0.6) is 0 Å². The van der Waals surface area contributed by atoms with E-state index in [4.69, 9.17) is 5.73 Å². The Morgan fingerprint density at radius 3 is 2.65 bits per heavy atom. The molecule has 0 aromatic carbocycles. The van der Waals surface area contributed by atoms with Crippen molar-refractivity contribution in [3.8, 4) is 0 Å². The van der Waals surface area contributed by atoms with E-state index in [1.54, 1.807) is 7.05 Å². The van der Waals surface area contributed by atoms with E-state index in [0.29, 0.717) is 19.6 Å². The number of nitrogens with zero attached hydrogens (tertiary/aromatic N) is 2. The van der Waals surface area contributed by atoms with Gasteiger partial charge in [-0.25, -0.2) is 8.42 Å². The van der Waals surface area contributed by atoms with Crippen molar-refractivity contribution in [2.75, 3.05) is 19.6 Å². The average molecular weight is 323 g/mol. The van der Waals surface area contributed by atoms with E-state index >= 15 is 0 Å². The Bertz CT molecular complexity index is 599. The molecule has 0 radical (unpaired) electrons. The fourth-order valence-corrected chi connectivity index (χ4v) is 3.94. The van der Waals surface area contributed by atoms with Gasteiger partial charge in [0.15, 0.2) is 0 Å². The summed E-state index contributed by atoms with van der Waals surface area (Å²) >= 11 is 0. The summed E-state index contributed by atoms with van der Waals surface area (Å²) < 4.78 is 27.9. The largest absolute Gasteiger partial charge is 0.364 e. The second-order valence-electron chi connectivity index (χ2n) is 4.71. The van der Waals surface area contributed by atoms with Gasteiger partial charge in [-0.2, -0.15) is 4.31 Å². The van der Waals surface area contributed by atoms with Crippen LogP contribution in [0.1, 0.15) is 17.4 Å². The van der Waals surface area contributed by atoms with Crippen molar-refractivity contribution in [1.29, 1.82) is 0 Å². The molecule has 1 saturated heterocycles. The standard InChI is InChI=1S/C11H18N4O3S.ClH/c1-8-6-13-3-4-15(8)19(17,18)9-5-10(11(12)16)14(2)7-9;/h5,7-8,13H,3-4,6H2,1-2H3,(H2,12,16);1H. The van der Waals surface area contributed by atoms with E-state index in [1.807, 2.05) is 6.92 Å². The Balaban J connectivity index is 0.00000200. The van der Waals surface area contributed by atoms with Crippen molar-refractivity contribution in [2.24, 2.45) is 12.8 Å². The molecule has 3 N–H and O–H groups in total. The molecule has 2 rings (SSSR count). The smallest absolute Gasteiger partial charge is 0.265 e. The van der Waals surface area contributed by atoms with Gasteiger partial charge in [0.2, 0.25) is 10.0 Å². The summed E-state index contributed by atoms with van der Waals surface area (Å²) in [4.78, 5) is 11.3. The lowest BCUT2D eigenvalue weighted by Gasteiger charge is -2.32. The first-order chi connectivity index (χ1) is 8.84. The number of halogens is 1. The van der Waals surface area contributed by atoms with Crippen molar-refractivity contribution in [2.45, 2.75) is 17.9 Å². The Morgan fingerprint density at radius 2 is 2.15 bits per heavy atom. The quantitative estimate of drug-likeness (QED) is 0.786. The van der Waals surface area contributed by atoms with Crippen molar-refractivity contribution < 1.29 is 13.2 Å². The second-order valence-corrected chi connectivity index (χ2v) is 6.60. The number of primary amides is 1. The van der Waals surface area contributed by atoms with E-state index in [9.17, 15) is 13.2 Å². The minimum atomic E-state index is -3.58. The highest BCUT2D eigenvalue weighted by molar-refractivity contribution is 7.89. The summed E-state index contributed by atoms with van der Waals surface area (Å²) in [6.07, 6.45) is 1.42. The van der Waals surface area contributed by atoms with Crippen LogP contribution in [0.4, 0.5) is 0 Å². The number of hydrogen-bond acceptors (Lipinski definition) is 4. The van der Waals surface area contributed by atoms with Crippen LogP contribution in [-0.2, 0) is 17.1 Å². The van der Waals surface area contributed by atoms with Gasteiger partial charge in [0, 0.05) is 38.9 Å². The molecule has 1 atom stereocenters. The van der Waals surface area contributed by atoms with Crippen LogP contribution in [0.3, 0.4) is 0 Å². The predicted molar refractivity (Wildman–Crippen MR) is 77.4 cm³/mol. The fourth-order valence-electron chi connectivity index (χ4n) is 2.24. The van der Waals surface area contributed by atoms with E-state index in [2.05, 4.69) is 5.32 Å². The molecule has 7 nitrogen and oxygen atoms in total. The first-order valence-electron chi connectivity index (χ1n) is 6.03. The lowest BCUT2D eigenvalue weighted by Crippen LogP contribution is -2.52. The number of nitrogens with one attached hydrogen (secondary N) is 1. The maximum absolute atomic E-state index is 12.5. The zero-order valence-electron chi connectivity index (χ0n) is 11.4. The predicted octanol–water partition coefficient (Wildman–Crippen LogP) is -0.472. The summed E-state index contributed by atoms with van der Waals surface area (Å²) in [6, 6.07) is 1.21. The molecule has 1 aromatic rings. The first kappa shape index (κ1) is 17.0. The molecule has 9 heteroatoms. The van der Waals surface area contributed by atoms with E-state index in [0.717, 1.165) is 0 Å². The van der Waals surface area contributed by atoms with E-state index < -0.39 is 15.9 Å². The molecule has 1 unspecified atom stereocenters. The van der Waals surface area contributed by atoms with Crippen LogP contribution in [0.2, 0.25) is 0 Å². The highest BCUT2D eigenvalue weighted by atomic mass is 35.5. The normalized spacial score (nSPS) is 20.4. The zero-order valence-corrected chi connectivity index (χ0v) is 13.0. The number of nitrogens with two attached hydrogens (primary N) is 1. The lowest BCUT2D eigenvalue weighted by atomic mass is 10.3. The van der Waals surface area contributed by atoms with Crippen molar-refractivity contribution >= 4 is 28.3 Å². The Hall–Kier alpha value is -1.09. The number of hydrogen-bond donors (Lipinski definition) is 2. The number of rotatable bonds is 3. The molecular weight excluding hydrogens is 304 g/mol. The van der Waals surface area contributed by atoms with Crippen molar-refractivity contribution in [3.05, 3.63) is 18.0 Å². The van der Waals surface area contributed by atoms with Crippen LogP contribution in [0.15, 0.2) is 17.2 Å². The first-order valence-corrected chi connectivity index (χ1v) is 7.47. The third kappa shape index (κ3) is 2.98. The van der Waals surface area contributed by atoms with Crippen LogP contribution in [-0.4, -0.2) is 48.9 Å². The van der Waals surface area contributed by atoms with E-state index in [-0.39, 0.29) is 29.0 Å². The van der Waals surface area contributed by atoms with E-state index in [1.165, 1.54) is 21.1 Å². The molecule has 1 fully saturated rings. The molecule has 1 aromatic heterocycles.